The molecule has 1 aromatic carbocycles. The van der Waals surface area contributed by atoms with Crippen LogP contribution in [-0.2, 0) is 9.59 Å². The van der Waals surface area contributed by atoms with Gasteiger partial charge in [-0.1, -0.05) is 12.2 Å². The van der Waals surface area contributed by atoms with E-state index in [0.29, 0.717) is 34.7 Å². The highest BCUT2D eigenvalue weighted by Gasteiger charge is 2.67. The van der Waals surface area contributed by atoms with E-state index in [2.05, 4.69) is 17.3 Å². The van der Waals surface area contributed by atoms with Crippen LogP contribution in [-0.4, -0.2) is 35.1 Å². The topological polar surface area (TPSA) is 115 Å². The number of hydrazone groups is 1. The van der Waals surface area contributed by atoms with Crippen LogP contribution in [0.15, 0.2) is 52.0 Å². The summed E-state index contributed by atoms with van der Waals surface area (Å²) in [6, 6.07) is 7.56. The molecule has 1 aromatic heterocycles. The zero-order chi connectivity index (χ0) is 22.1. The minimum Gasteiger partial charge on any atom is -0.496 e. The molecule has 1 aliphatic heterocycles. The van der Waals surface area contributed by atoms with Crippen molar-refractivity contribution in [2.45, 2.75) is 6.42 Å². The zero-order valence-electron chi connectivity index (χ0n) is 17.1. The molecule has 1 saturated heterocycles. The number of hydrogen-bond acceptors (Lipinski definition) is 7. The van der Waals surface area contributed by atoms with Crippen LogP contribution in [0.25, 0.3) is 11.3 Å². The van der Waals surface area contributed by atoms with Crippen molar-refractivity contribution in [3.8, 4) is 17.1 Å². The molecule has 7 rings (SSSR count). The molecule has 9 heteroatoms. The molecule has 0 spiro atoms. The Morgan fingerprint density at radius 2 is 1.81 bits per heavy atom. The lowest BCUT2D eigenvalue weighted by Crippen LogP contribution is -2.40. The molecule has 2 saturated carbocycles. The summed E-state index contributed by atoms with van der Waals surface area (Å²) < 4.78 is 11.0. The van der Waals surface area contributed by atoms with E-state index >= 15 is 0 Å². The van der Waals surface area contributed by atoms with E-state index in [1.54, 1.807) is 18.2 Å². The molecule has 0 unspecified atom stereocenters. The van der Waals surface area contributed by atoms with Crippen LogP contribution < -0.4 is 4.74 Å². The van der Waals surface area contributed by atoms with Crippen molar-refractivity contribution in [1.29, 1.82) is 0 Å². The first-order valence-electron chi connectivity index (χ1n) is 10.5. The smallest absolute Gasteiger partial charge is 0.273 e. The standard InChI is InChI=1S/C23H19N3O6/c1-31-19-8-11(26(29)30)2-4-15(19)18-7-3-12(32-18)10-24-25-22(27)20-13-5-6-14(17-9-16(13)17)21(20)23(25)28/h2-8,10,13-14,16-17,20-21H,9H2,1H3/b24-10-/t13-,14-,16-,17+,20+,21-/m1/s1. The SMILES string of the molecule is COc1cc([N+](=O)[O-])ccc1-c1ccc(/C=N\N2C(=O)[C@@H]3[C@@H]4C=C[C@H]([C@H]5C[C@@H]45)[C@@H]3C2=O)o1. The number of imide groups is 1. The number of rotatable bonds is 5. The van der Waals surface area contributed by atoms with Crippen molar-refractivity contribution in [1.82, 2.24) is 5.01 Å². The van der Waals surface area contributed by atoms with Gasteiger partial charge in [-0.3, -0.25) is 19.7 Å². The minimum atomic E-state index is -0.501. The van der Waals surface area contributed by atoms with Crippen LogP contribution in [0.4, 0.5) is 5.69 Å². The maximum atomic E-state index is 13.0. The van der Waals surface area contributed by atoms with Crippen molar-refractivity contribution in [2.75, 3.05) is 7.11 Å². The van der Waals surface area contributed by atoms with Crippen molar-refractivity contribution in [3.05, 3.63) is 58.4 Å². The number of benzene rings is 1. The Morgan fingerprint density at radius 3 is 2.44 bits per heavy atom. The van der Waals surface area contributed by atoms with Gasteiger partial charge in [0.25, 0.3) is 17.5 Å². The summed E-state index contributed by atoms with van der Waals surface area (Å²) in [5.74, 6) is 1.39. The lowest BCUT2D eigenvalue weighted by Gasteiger charge is -2.37. The van der Waals surface area contributed by atoms with E-state index in [-0.39, 0.29) is 41.2 Å². The summed E-state index contributed by atoms with van der Waals surface area (Å²) in [5.41, 5.74) is 0.450. The fraction of sp³-hybridized carbons (Fsp3) is 0.348. The summed E-state index contributed by atoms with van der Waals surface area (Å²) in [6.07, 6.45) is 6.70. The van der Waals surface area contributed by atoms with Crippen LogP contribution >= 0.6 is 0 Å². The van der Waals surface area contributed by atoms with Crippen LogP contribution in [0.1, 0.15) is 12.2 Å². The summed E-state index contributed by atoms with van der Waals surface area (Å²) in [7, 11) is 1.42. The Bertz CT molecular complexity index is 1190. The highest BCUT2D eigenvalue weighted by molar-refractivity contribution is 6.06. The van der Waals surface area contributed by atoms with Gasteiger partial charge in [0.05, 0.1) is 41.7 Å². The Balaban J connectivity index is 1.24. The summed E-state index contributed by atoms with van der Waals surface area (Å²) in [5, 5.41) is 16.2. The molecule has 2 bridgehead atoms. The number of nitro benzene ring substituents is 1. The Hall–Kier alpha value is -3.75. The lowest BCUT2D eigenvalue weighted by atomic mass is 9.63. The second-order valence-electron chi connectivity index (χ2n) is 8.73. The highest BCUT2D eigenvalue weighted by atomic mass is 16.6. The number of carbonyl (C=O) groups excluding carboxylic acids is 2. The van der Waals surface area contributed by atoms with Gasteiger partial charge in [0.15, 0.2) is 0 Å². The Labute approximate surface area is 182 Å². The predicted octanol–water partition coefficient (Wildman–Crippen LogP) is 3.25. The molecule has 32 heavy (non-hydrogen) atoms. The van der Waals surface area contributed by atoms with Gasteiger partial charge in [-0.2, -0.15) is 10.1 Å². The fourth-order valence-electron chi connectivity index (χ4n) is 5.73. The third kappa shape index (κ3) is 2.60. The molecule has 2 amide bonds. The summed E-state index contributed by atoms with van der Waals surface area (Å²) >= 11 is 0. The largest absolute Gasteiger partial charge is 0.496 e. The second-order valence-corrected chi connectivity index (χ2v) is 8.73. The number of allylic oxidation sites excluding steroid dienone is 2. The van der Waals surface area contributed by atoms with Gasteiger partial charge >= 0.3 is 0 Å². The van der Waals surface area contributed by atoms with Gasteiger partial charge in [-0.25, -0.2) is 0 Å². The van der Waals surface area contributed by atoms with E-state index in [1.165, 1.54) is 25.5 Å². The molecule has 9 nitrogen and oxygen atoms in total. The molecule has 2 aromatic rings. The Kier molecular flexibility index (Phi) is 3.93. The fourth-order valence-corrected chi connectivity index (χ4v) is 5.73. The molecule has 162 valence electrons. The van der Waals surface area contributed by atoms with Crippen molar-refractivity contribution < 1.29 is 23.7 Å². The van der Waals surface area contributed by atoms with Gasteiger partial charge in [-0.05, 0) is 48.3 Å². The molecular weight excluding hydrogens is 414 g/mol. The van der Waals surface area contributed by atoms with Gasteiger partial charge in [-0.15, -0.1) is 0 Å². The summed E-state index contributed by atoms with van der Waals surface area (Å²) in [6.45, 7) is 0. The summed E-state index contributed by atoms with van der Waals surface area (Å²) in [4.78, 5) is 36.4. The molecule has 3 fully saturated rings. The van der Waals surface area contributed by atoms with E-state index < -0.39 is 4.92 Å². The molecule has 2 heterocycles. The number of hydrogen-bond donors (Lipinski definition) is 0. The normalized spacial score (nSPS) is 31.8. The lowest BCUT2D eigenvalue weighted by molar-refractivity contribution is -0.384. The van der Waals surface area contributed by atoms with E-state index in [9.17, 15) is 19.7 Å². The van der Waals surface area contributed by atoms with Crippen molar-refractivity contribution in [3.63, 3.8) is 0 Å². The molecule has 4 aliphatic carbocycles. The number of non-ortho nitro benzene ring substituents is 1. The molecule has 6 atom stereocenters. The highest BCUT2D eigenvalue weighted by Crippen LogP contribution is 2.65. The van der Waals surface area contributed by atoms with Crippen molar-refractivity contribution in [2.24, 2.45) is 40.6 Å². The average Bonchev–Trinajstić information content (AvgIpc) is 3.44. The third-order valence-electron chi connectivity index (χ3n) is 7.23. The number of methoxy groups -OCH3 is 1. The first kappa shape index (κ1) is 19.0. The van der Waals surface area contributed by atoms with E-state index in [4.69, 9.17) is 9.15 Å². The maximum Gasteiger partial charge on any atom is 0.273 e. The zero-order valence-corrected chi connectivity index (χ0v) is 17.1. The average molecular weight is 433 g/mol. The third-order valence-corrected chi connectivity index (χ3v) is 7.23. The number of amides is 2. The molecule has 5 aliphatic rings. The van der Waals surface area contributed by atoms with E-state index in [1.807, 2.05) is 0 Å². The van der Waals surface area contributed by atoms with Crippen LogP contribution in [0.3, 0.4) is 0 Å². The minimum absolute atomic E-state index is 0.0902. The van der Waals surface area contributed by atoms with E-state index in [0.717, 1.165) is 11.4 Å². The maximum absolute atomic E-state index is 13.0. The Morgan fingerprint density at radius 1 is 1.12 bits per heavy atom. The van der Waals surface area contributed by atoms with Crippen LogP contribution in [0, 0.1) is 45.6 Å². The number of nitro groups is 1. The van der Waals surface area contributed by atoms with Crippen LogP contribution in [0.5, 0.6) is 5.75 Å². The van der Waals surface area contributed by atoms with Gasteiger partial charge < -0.3 is 9.15 Å². The molecule has 0 N–H and O–H groups in total. The molecule has 0 radical (unpaired) electrons. The van der Waals surface area contributed by atoms with Gasteiger partial charge in [0, 0.05) is 6.07 Å². The molecular formula is C23H19N3O6. The predicted molar refractivity (Wildman–Crippen MR) is 111 cm³/mol. The number of furan rings is 1. The van der Waals surface area contributed by atoms with Crippen molar-refractivity contribution >= 4 is 23.7 Å². The number of nitrogens with zero attached hydrogens (tertiary/aromatic N) is 3. The van der Waals surface area contributed by atoms with Crippen LogP contribution in [0.2, 0.25) is 0 Å². The first-order valence-corrected chi connectivity index (χ1v) is 10.5. The monoisotopic (exact) mass is 433 g/mol. The van der Waals surface area contributed by atoms with Gasteiger partial charge in [0.2, 0.25) is 0 Å². The first-order chi connectivity index (χ1) is 15.5. The van der Waals surface area contributed by atoms with Gasteiger partial charge in [0.1, 0.15) is 17.3 Å². The second kappa shape index (κ2) is 6.62. The quantitative estimate of drug-likeness (QED) is 0.235. The number of carbonyl (C=O) groups is 2. The number of ether oxygens (including phenoxy) is 1.